The second-order valence-corrected chi connectivity index (χ2v) is 6.88. The van der Waals surface area contributed by atoms with E-state index >= 15 is 0 Å². The van der Waals surface area contributed by atoms with Crippen LogP contribution in [0.4, 0.5) is 5.69 Å². The lowest BCUT2D eigenvalue weighted by Gasteiger charge is -2.12. The van der Waals surface area contributed by atoms with E-state index in [1.54, 1.807) is 18.2 Å². The molecule has 2 N–H and O–H groups in total. The fraction of sp³-hybridized carbons (Fsp3) is 0.571. The van der Waals surface area contributed by atoms with E-state index in [1.807, 2.05) is 6.07 Å². The molecule has 0 aliphatic rings. The molecule has 0 heterocycles. The van der Waals surface area contributed by atoms with Crippen LogP contribution in [0.1, 0.15) is 33.1 Å². The largest absolute Gasteiger partial charge is 0.384 e. The minimum Gasteiger partial charge on any atom is -0.384 e. The second-order valence-electron chi connectivity index (χ2n) is 5.02. The summed E-state index contributed by atoms with van der Waals surface area (Å²) in [7, 11) is -1.97. The van der Waals surface area contributed by atoms with Crippen molar-refractivity contribution >= 4 is 15.7 Å². The molecule has 1 rings (SSSR count). The predicted octanol–water partition coefficient (Wildman–Crippen LogP) is 2.83. The number of unbranched alkanes of at least 4 members (excludes halogenated alkanes) is 1. The molecule has 19 heavy (non-hydrogen) atoms. The van der Waals surface area contributed by atoms with Crippen LogP contribution in [-0.2, 0) is 10.0 Å². The summed E-state index contributed by atoms with van der Waals surface area (Å²) in [5.74, 6) is 0.719. The Morgan fingerprint density at radius 1 is 1.16 bits per heavy atom. The third kappa shape index (κ3) is 5.20. The molecule has 1 aromatic carbocycles. The fourth-order valence-electron chi connectivity index (χ4n) is 1.86. The third-order valence-electron chi connectivity index (χ3n) is 2.97. The molecule has 108 valence electrons. The summed E-state index contributed by atoms with van der Waals surface area (Å²) in [6.45, 7) is 5.22. The number of sulfonamides is 1. The Balaban J connectivity index is 2.59. The van der Waals surface area contributed by atoms with Gasteiger partial charge in [-0.3, -0.25) is 0 Å². The Morgan fingerprint density at radius 3 is 2.47 bits per heavy atom. The maximum absolute atomic E-state index is 11.8. The van der Waals surface area contributed by atoms with E-state index in [2.05, 4.69) is 23.9 Å². The van der Waals surface area contributed by atoms with Crippen molar-refractivity contribution in [2.75, 3.05) is 18.9 Å². The van der Waals surface area contributed by atoms with E-state index in [0.29, 0.717) is 10.6 Å². The van der Waals surface area contributed by atoms with Gasteiger partial charge in [-0.1, -0.05) is 38.8 Å². The van der Waals surface area contributed by atoms with Crippen LogP contribution in [0.25, 0.3) is 0 Å². The fourth-order valence-corrected chi connectivity index (χ4v) is 2.76. The molecule has 4 nitrogen and oxygen atoms in total. The van der Waals surface area contributed by atoms with Crippen molar-refractivity contribution in [3.05, 3.63) is 24.3 Å². The molecular formula is C14H24N2O2S. The highest BCUT2D eigenvalue weighted by molar-refractivity contribution is 7.89. The highest BCUT2D eigenvalue weighted by Crippen LogP contribution is 2.20. The first-order chi connectivity index (χ1) is 8.97. The van der Waals surface area contributed by atoms with Crippen molar-refractivity contribution in [3.8, 4) is 0 Å². The van der Waals surface area contributed by atoms with Gasteiger partial charge in [-0.05, 0) is 31.5 Å². The first-order valence-electron chi connectivity index (χ1n) is 6.74. The number of benzene rings is 1. The Kier molecular flexibility index (Phi) is 6.31. The summed E-state index contributed by atoms with van der Waals surface area (Å²) >= 11 is 0. The predicted molar refractivity (Wildman–Crippen MR) is 79.9 cm³/mol. The Hall–Kier alpha value is -1.07. The molecule has 1 aromatic rings. The quantitative estimate of drug-likeness (QED) is 0.722. The van der Waals surface area contributed by atoms with Crippen molar-refractivity contribution in [1.82, 2.24) is 4.72 Å². The summed E-state index contributed by atoms with van der Waals surface area (Å²) in [4.78, 5) is 0.307. The molecule has 0 fully saturated rings. The van der Waals surface area contributed by atoms with Gasteiger partial charge in [0.05, 0.1) is 5.69 Å². The summed E-state index contributed by atoms with van der Waals surface area (Å²) in [6.07, 6.45) is 3.41. The lowest BCUT2D eigenvalue weighted by atomic mass is 10.1. The molecule has 5 heteroatoms. The van der Waals surface area contributed by atoms with Gasteiger partial charge in [0.2, 0.25) is 10.0 Å². The number of para-hydroxylation sites is 1. The normalized spacial score (nSPS) is 11.8. The van der Waals surface area contributed by atoms with Crippen molar-refractivity contribution < 1.29 is 8.42 Å². The van der Waals surface area contributed by atoms with Gasteiger partial charge < -0.3 is 5.32 Å². The van der Waals surface area contributed by atoms with Gasteiger partial charge in [0.1, 0.15) is 4.90 Å². The van der Waals surface area contributed by atoms with Gasteiger partial charge >= 0.3 is 0 Å². The van der Waals surface area contributed by atoms with Gasteiger partial charge in [-0.15, -0.1) is 0 Å². The number of anilines is 1. The molecule has 0 bridgehead atoms. The molecule has 0 saturated heterocycles. The number of rotatable bonds is 8. The summed E-state index contributed by atoms with van der Waals surface area (Å²) in [6, 6.07) is 6.98. The molecule has 0 unspecified atom stereocenters. The van der Waals surface area contributed by atoms with Crippen LogP contribution >= 0.6 is 0 Å². The monoisotopic (exact) mass is 284 g/mol. The lowest BCUT2D eigenvalue weighted by molar-refractivity contribution is 0.544. The smallest absolute Gasteiger partial charge is 0.242 e. The molecule has 0 aliphatic carbocycles. The first-order valence-corrected chi connectivity index (χ1v) is 8.22. The van der Waals surface area contributed by atoms with E-state index in [-0.39, 0.29) is 0 Å². The first kappa shape index (κ1) is 16.0. The zero-order chi connectivity index (χ0) is 14.3. The lowest BCUT2D eigenvalue weighted by Crippen LogP contribution is -2.20. The third-order valence-corrected chi connectivity index (χ3v) is 4.44. The number of hydrogen-bond acceptors (Lipinski definition) is 3. The van der Waals surface area contributed by atoms with E-state index in [9.17, 15) is 8.42 Å². The molecule has 0 aliphatic heterocycles. The summed E-state index contributed by atoms with van der Waals surface area (Å²) < 4.78 is 26.0. The molecule has 0 saturated carbocycles. The molecule has 0 radical (unpaired) electrons. The molecule has 0 atom stereocenters. The minimum absolute atomic E-state index is 0.307. The molecule has 0 aromatic heterocycles. The van der Waals surface area contributed by atoms with Crippen LogP contribution in [0, 0.1) is 5.92 Å². The highest BCUT2D eigenvalue weighted by atomic mass is 32.2. The van der Waals surface area contributed by atoms with Crippen molar-refractivity contribution in [3.63, 3.8) is 0 Å². The van der Waals surface area contributed by atoms with Crippen molar-refractivity contribution in [2.24, 2.45) is 5.92 Å². The van der Waals surface area contributed by atoms with Crippen molar-refractivity contribution in [1.29, 1.82) is 0 Å². The maximum Gasteiger partial charge on any atom is 0.242 e. The van der Waals surface area contributed by atoms with Crippen LogP contribution in [-0.4, -0.2) is 22.0 Å². The molecular weight excluding hydrogens is 260 g/mol. The summed E-state index contributed by atoms with van der Waals surface area (Å²) in [5.41, 5.74) is 0.668. The molecule has 0 spiro atoms. The van der Waals surface area contributed by atoms with Crippen LogP contribution < -0.4 is 10.0 Å². The van der Waals surface area contributed by atoms with E-state index in [0.717, 1.165) is 25.3 Å². The van der Waals surface area contributed by atoms with Gasteiger partial charge in [0.15, 0.2) is 0 Å². The molecule has 0 amide bonds. The van der Waals surface area contributed by atoms with Gasteiger partial charge in [-0.25, -0.2) is 13.1 Å². The number of hydrogen-bond donors (Lipinski definition) is 2. The zero-order valence-corrected chi connectivity index (χ0v) is 12.8. The van der Waals surface area contributed by atoms with E-state index < -0.39 is 10.0 Å². The van der Waals surface area contributed by atoms with Gasteiger partial charge in [-0.2, -0.15) is 0 Å². The van der Waals surface area contributed by atoms with E-state index in [1.165, 1.54) is 13.5 Å². The van der Waals surface area contributed by atoms with E-state index in [4.69, 9.17) is 0 Å². The minimum atomic E-state index is -3.40. The van der Waals surface area contributed by atoms with Crippen LogP contribution in [0.15, 0.2) is 29.2 Å². The summed E-state index contributed by atoms with van der Waals surface area (Å²) in [5, 5.41) is 3.21. The van der Waals surface area contributed by atoms with Gasteiger partial charge in [0.25, 0.3) is 0 Å². The van der Waals surface area contributed by atoms with Crippen molar-refractivity contribution in [2.45, 2.75) is 38.0 Å². The van der Waals surface area contributed by atoms with Gasteiger partial charge in [0, 0.05) is 6.54 Å². The van der Waals surface area contributed by atoms with Crippen LogP contribution in [0.3, 0.4) is 0 Å². The average molecular weight is 284 g/mol. The Morgan fingerprint density at radius 2 is 1.84 bits per heavy atom. The topological polar surface area (TPSA) is 58.2 Å². The zero-order valence-electron chi connectivity index (χ0n) is 11.9. The average Bonchev–Trinajstić information content (AvgIpc) is 2.38. The second kappa shape index (κ2) is 7.50. The van der Waals surface area contributed by atoms with Crippen LogP contribution in [0.2, 0.25) is 0 Å². The maximum atomic E-state index is 11.8. The standard InChI is InChI=1S/C14H24N2O2S/c1-12(2)8-6-7-11-16-13-9-4-5-10-14(13)19(17,18)15-3/h4-5,9-10,12,15-16H,6-8,11H2,1-3H3. The SMILES string of the molecule is CNS(=O)(=O)c1ccccc1NCCCCC(C)C. The highest BCUT2D eigenvalue weighted by Gasteiger charge is 2.15. The van der Waals surface area contributed by atoms with Crippen LogP contribution in [0.5, 0.6) is 0 Å². The Bertz CT molecular complexity index is 484. The Labute approximate surface area is 116 Å². The number of nitrogens with one attached hydrogen (secondary N) is 2.